The molecule has 53 heavy (non-hydrogen) atoms. The van der Waals surface area contributed by atoms with Crippen LogP contribution >= 0.6 is 31.3 Å². The van der Waals surface area contributed by atoms with Crippen molar-refractivity contribution in [1.82, 2.24) is 0 Å². The van der Waals surface area contributed by atoms with Gasteiger partial charge in [0.05, 0.1) is 52.9 Å². The second-order valence-electron chi connectivity index (χ2n) is 11.3. The van der Waals surface area contributed by atoms with Crippen LogP contribution in [-0.4, -0.2) is 52.9 Å². The van der Waals surface area contributed by atoms with E-state index < -0.39 is 31.3 Å². The average Bonchev–Trinajstić information content (AvgIpc) is 3.06. The molecule has 0 amide bonds. The Labute approximate surface area is 343 Å². The van der Waals surface area contributed by atoms with Crippen molar-refractivity contribution >= 4 is 31.3 Å². The third kappa shape index (κ3) is 57.8. The summed E-state index contributed by atoms with van der Waals surface area (Å²) in [5.41, 5.74) is 0. The van der Waals surface area contributed by atoms with E-state index in [9.17, 15) is 37.8 Å². The number of phosphoric acid groups is 4. The number of rotatable bonds is 32. The first-order valence-corrected chi connectivity index (χ1v) is 24.7. The molecular weight excluding hydrogens is 1010 g/mol. The maximum absolute atomic E-state index is 11.0. The monoisotopic (exact) mass is 1070 g/mol. The number of unbranched alkanes of at least 4 members (excludes halogenated alkanes) is 8. The normalized spacial score (nSPS) is 11.7. The van der Waals surface area contributed by atoms with Gasteiger partial charge < -0.3 is 55.8 Å². The third-order valence-corrected chi connectivity index (χ3v) is 9.97. The van der Waals surface area contributed by atoms with Gasteiger partial charge in [0.15, 0.2) is 0 Å². The molecule has 0 aromatic carbocycles. The van der Waals surface area contributed by atoms with Crippen LogP contribution < -0.4 is 19.6 Å². The van der Waals surface area contributed by atoms with E-state index in [2.05, 4.69) is 36.2 Å². The molecule has 0 saturated heterocycles. The van der Waals surface area contributed by atoms with Gasteiger partial charge in [0.1, 0.15) is 0 Å². The predicted molar refractivity (Wildman–Crippen MR) is 197 cm³/mol. The quantitative estimate of drug-likeness (QED) is 0.0455. The molecule has 0 bridgehead atoms. The van der Waals surface area contributed by atoms with Crippen molar-refractivity contribution in [2.24, 2.45) is 0 Å². The van der Waals surface area contributed by atoms with E-state index >= 15 is 0 Å². The number of hydrogen-bond acceptors (Lipinski definition) is 16. The van der Waals surface area contributed by atoms with Gasteiger partial charge in [-0.15, -0.1) is 0 Å². The molecule has 0 aliphatic rings. The maximum atomic E-state index is 11.0. The molecule has 0 radical (unpaired) electrons. The van der Waals surface area contributed by atoms with Gasteiger partial charge in [0.25, 0.3) is 31.3 Å². The van der Waals surface area contributed by atoms with E-state index in [0.717, 1.165) is 103 Å². The Morgan fingerprint density at radius 2 is 0.377 bits per heavy atom. The van der Waals surface area contributed by atoms with E-state index in [4.69, 9.17) is 0 Å². The van der Waals surface area contributed by atoms with Crippen LogP contribution in [0.1, 0.15) is 158 Å². The van der Waals surface area contributed by atoms with Crippen molar-refractivity contribution in [2.45, 2.75) is 158 Å². The van der Waals surface area contributed by atoms with Gasteiger partial charge >= 0.3 is 0 Å². The second kappa shape index (κ2) is 44.5. The molecule has 0 aliphatic carbocycles. The SMILES string of the molecule is CCCCOP(=O)([O-])OCCCC.CCCCOP(=O)([O-])OCCCC.CCCCOP(=O)([O-])OCCCC.CCCCOP(=O)([O-])OCCCC.[Pu]. The van der Waals surface area contributed by atoms with Gasteiger partial charge in [-0.25, -0.2) is 0 Å². The molecule has 0 heterocycles. The first kappa shape index (κ1) is 63.6. The zero-order valence-corrected chi connectivity index (χ0v) is 40.7. The van der Waals surface area contributed by atoms with Gasteiger partial charge in [-0.1, -0.05) is 107 Å². The summed E-state index contributed by atoms with van der Waals surface area (Å²) in [6, 6.07) is 0. The molecule has 326 valence electrons. The predicted octanol–water partition coefficient (Wildman–Crippen LogP) is 8.35. The Morgan fingerprint density at radius 3 is 0.453 bits per heavy atom. The average molecular weight is 1080 g/mol. The minimum absolute atomic E-state index is 0. The van der Waals surface area contributed by atoms with E-state index in [1.54, 1.807) is 0 Å². The van der Waals surface area contributed by atoms with Crippen LogP contribution in [0.4, 0.5) is 0 Å². The summed E-state index contributed by atoms with van der Waals surface area (Å²) in [7, 11) is -16.0. The van der Waals surface area contributed by atoms with Crippen molar-refractivity contribution < 1.29 is 103 Å². The first-order valence-electron chi connectivity index (χ1n) is 18.9. The van der Waals surface area contributed by atoms with Crippen LogP contribution in [-0.2, 0) is 54.5 Å². The molecule has 0 fully saturated rings. The molecule has 0 spiro atoms. The van der Waals surface area contributed by atoms with Crippen molar-refractivity contribution in [1.29, 1.82) is 0 Å². The first-order chi connectivity index (χ1) is 24.5. The van der Waals surface area contributed by atoms with E-state index in [1.165, 1.54) is 0 Å². The zero-order valence-electron chi connectivity index (χ0n) is 33.7. The van der Waals surface area contributed by atoms with Crippen molar-refractivity contribution in [3.63, 3.8) is 0 Å². The van der Waals surface area contributed by atoms with Gasteiger partial charge in [-0.05, 0) is 51.4 Å². The van der Waals surface area contributed by atoms with E-state index in [-0.39, 0.29) is 82.0 Å². The van der Waals surface area contributed by atoms with Crippen molar-refractivity contribution in [3.8, 4) is 0 Å². The van der Waals surface area contributed by atoms with Gasteiger partial charge in [0, 0.05) is 29.2 Å². The summed E-state index contributed by atoms with van der Waals surface area (Å²) in [5.74, 6) is 0. The van der Waals surface area contributed by atoms with Crippen LogP contribution in [0, 0.1) is 29.2 Å². The molecule has 0 unspecified atom stereocenters. The summed E-state index contributed by atoms with van der Waals surface area (Å²) in [4.78, 5) is 43.9. The van der Waals surface area contributed by atoms with Crippen molar-refractivity contribution in [2.75, 3.05) is 52.9 Å². The Morgan fingerprint density at radius 1 is 0.283 bits per heavy atom. The Bertz CT molecular complexity index is 736. The molecule has 0 rings (SSSR count). The van der Waals surface area contributed by atoms with Crippen LogP contribution in [0.25, 0.3) is 0 Å². The van der Waals surface area contributed by atoms with E-state index in [1.807, 2.05) is 55.4 Å². The maximum Gasteiger partial charge on any atom is 0.267 e. The molecule has 0 aromatic heterocycles. The number of hydrogen-bond donors (Lipinski definition) is 0. The summed E-state index contributed by atoms with van der Waals surface area (Å²) in [5, 5.41) is 0. The second-order valence-corrected chi connectivity index (χ2v) is 16.9. The number of phosphoric ester groups is 4. The molecule has 0 aromatic rings. The Hall–Kier alpha value is 1.43. The molecule has 0 atom stereocenters. The van der Waals surface area contributed by atoms with Crippen LogP contribution in [0.5, 0.6) is 0 Å². The van der Waals surface area contributed by atoms with Crippen molar-refractivity contribution in [3.05, 3.63) is 0 Å². The fourth-order valence-corrected chi connectivity index (χ4v) is 5.83. The van der Waals surface area contributed by atoms with Crippen LogP contribution in [0.3, 0.4) is 0 Å². The summed E-state index contributed by atoms with van der Waals surface area (Å²) in [6.07, 6.45) is 13.2. The minimum atomic E-state index is -4.00. The summed E-state index contributed by atoms with van der Waals surface area (Å²) in [6.45, 7) is 17.6. The van der Waals surface area contributed by atoms with Gasteiger partial charge in [-0.2, -0.15) is 0 Å². The fourth-order valence-electron chi connectivity index (χ4n) is 2.71. The van der Waals surface area contributed by atoms with Crippen LogP contribution in [0.2, 0.25) is 0 Å². The molecule has 21 heteroatoms. The smallest absolute Gasteiger partial charge is 0.267 e. The largest absolute Gasteiger partial charge is 0.756 e. The topological polar surface area (TPSA) is 234 Å². The molecule has 0 saturated carbocycles. The van der Waals surface area contributed by atoms with Gasteiger partial charge in [0.2, 0.25) is 0 Å². The van der Waals surface area contributed by atoms with Gasteiger partial charge in [-0.3, -0.25) is 18.3 Å². The Kier molecular flexibility index (Phi) is 53.4. The molecular formula is C32H72O16P4Pu-4. The van der Waals surface area contributed by atoms with E-state index in [0.29, 0.717) is 0 Å². The Balaban J connectivity index is -0.000000192. The standard InChI is InChI=1S/4C8H19O4P.Pu/c4*1-3-5-7-11-13(9,10)12-8-6-4-2;/h4*3-8H2,1-2H3,(H,9,10);/p-4. The third-order valence-electron chi connectivity index (χ3n) is 5.98. The minimum Gasteiger partial charge on any atom is -0.756 e. The molecule has 0 N–H and O–H groups in total. The van der Waals surface area contributed by atoms with Crippen LogP contribution in [0.15, 0.2) is 0 Å². The summed E-state index contributed by atoms with van der Waals surface area (Å²) < 4.78 is 80.6. The molecule has 16 nitrogen and oxygen atoms in total. The molecule has 0 aliphatic heterocycles. The summed E-state index contributed by atoms with van der Waals surface area (Å²) >= 11 is 0. The zero-order chi connectivity index (χ0) is 40.6. The fraction of sp³-hybridized carbons (Fsp3) is 1.00.